The summed E-state index contributed by atoms with van der Waals surface area (Å²) in [6, 6.07) is 10.3. The number of halogens is 1. The summed E-state index contributed by atoms with van der Waals surface area (Å²) >= 11 is 6.32. The largest absolute Gasteiger partial charge is 0.490 e. The van der Waals surface area contributed by atoms with E-state index in [4.69, 9.17) is 20.8 Å². The summed E-state index contributed by atoms with van der Waals surface area (Å²) in [7, 11) is 0. The molecule has 0 fully saturated rings. The van der Waals surface area contributed by atoms with Crippen LogP contribution in [-0.2, 0) is 0 Å². The lowest BCUT2D eigenvalue weighted by Crippen LogP contribution is -2.33. The second-order valence-electron chi connectivity index (χ2n) is 8.72. The number of carbonyl (C=O) groups excluding carboxylic acids is 1. The first kappa shape index (κ1) is 25.0. The molecule has 0 N–H and O–H groups in total. The molecule has 1 aliphatic heterocycles. The monoisotopic (exact) mass is 494 g/mol. The van der Waals surface area contributed by atoms with Gasteiger partial charge in [0.1, 0.15) is 17.9 Å². The Hall–Kier alpha value is -3.09. The molecule has 1 atom stereocenters. The van der Waals surface area contributed by atoms with Gasteiger partial charge >= 0.3 is 0 Å². The Balaban J connectivity index is 1.78. The molecule has 184 valence electrons. The van der Waals surface area contributed by atoms with Crippen LogP contribution in [0, 0.1) is 6.92 Å². The maximum absolute atomic E-state index is 13.7. The lowest BCUT2D eigenvalue weighted by molar-refractivity contribution is 0.0720. The quantitative estimate of drug-likeness (QED) is 0.343. The highest BCUT2D eigenvalue weighted by molar-refractivity contribution is 6.32. The van der Waals surface area contributed by atoms with Crippen LogP contribution in [0.3, 0.4) is 0 Å². The van der Waals surface area contributed by atoms with Crippen LogP contribution in [0.25, 0.3) is 11.0 Å². The highest BCUT2D eigenvalue weighted by Gasteiger charge is 2.42. The highest BCUT2D eigenvalue weighted by atomic mass is 35.5. The summed E-state index contributed by atoms with van der Waals surface area (Å²) in [6.07, 6.45) is 2.47. The van der Waals surface area contributed by atoms with Crippen LogP contribution >= 0.6 is 11.6 Å². The van der Waals surface area contributed by atoms with Crippen molar-refractivity contribution in [2.75, 3.05) is 32.8 Å². The third-order valence-electron chi connectivity index (χ3n) is 6.58. The standard InChI is InChI=1S/C28H31ClN2O4/c1-5-15-34-20-11-9-19(10-12-20)25-24-26(32)21-17-22(29)18(4)16-23(21)35-27(24)28(33)31(25)14-8-13-30(6-2)7-3/h5,9-12,16-17,25H,1,6-8,13-15H2,2-4H3. The number of hydrogen-bond donors (Lipinski definition) is 0. The van der Waals surface area contributed by atoms with Gasteiger partial charge in [0.15, 0.2) is 5.43 Å². The third kappa shape index (κ3) is 4.86. The second kappa shape index (κ2) is 10.7. The van der Waals surface area contributed by atoms with Crippen molar-refractivity contribution in [1.82, 2.24) is 9.80 Å². The highest BCUT2D eigenvalue weighted by Crippen LogP contribution is 2.39. The first-order valence-electron chi connectivity index (χ1n) is 12.0. The molecule has 0 saturated carbocycles. The van der Waals surface area contributed by atoms with Gasteiger partial charge in [-0.25, -0.2) is 0 Å². The second-order valence-corrected chi connectivity index (χ2v) is 9.13. The number of nitrogens with zero attached hydrogens (tertiary/aromatic N) is 2. The molecule has 0 bridgehead atoms. The van der Waals surface area contributed by atoms with Crippen molar-refractivity contribution in [1.29, 1.82) is 0 Å². The van der Waals surface area contributed by atoms with Crippen LogP contribution in [-0.4, -0.2) is 48.5 Å². The van der Waals surface area contributed by atoms with Crippen LogP contribution in [0.15, 0.2) is 58.3 Å². The average Bonchev–Trinajstić information content (AvgIpc) is 3.14. The number of ether oxygens (including phenoxy) is 1. The number of amides is 1. The van der Waals surface area contributed by atoms with Crippen LogP contribution in [0.1, 0.15) is 53.6 Å². The molecule has 1 unspecified atom stereocenters. The molecule has 0 radical (unpaired) electrons. The van der Waals surface area contributed by atoms with Gasteiger partial charge in [0.25, 0.3) is 5.91 Å². The molecule has 35 heavy (non-hydrogen) atoms. The van der Waals surface area contributed by atoms with Gasteiger partial charge in [-0.2, -0.15) is 0 Å². The molecule has 2 heterocycles. The van der Waals surface area contributed by atoms with Crippen molar-refractivity contribution in [2.24, 2.45) is 0 Å². The molecule has 0 spiro atoms. The first-order valence-corrected chi connectivity index (χ1v) is 12.4. The molecule has 0 aliphatic carbocycles. The molecule has 1 aliphatic rings. The van der Waals surface area contributed by atoms with E-state index in [0.29, 0.717) is 40.5 Å². The fraction of sp³-hybridized carbons (Fsp3) is 0.357. The van der Waals surface area contributed by atoms with Crippen molar-refractivity contribution in [3.05, 3.63) is 86.7 Å². The lowest BCUT2D eigenvalue weighted by Gasteiger charge is -2.26. The van der Waals surface area contributed by atoms with Crippen molar-refractivity contribution in [3.8, 4) is 5.75 Å². The summed E-state index contributed by atoms with van der Waals surface area (Å²) in [5.41, 5.74) is 2.14. The maximum Gasteiger partial charge on any atom is 0.290 e. The number of aryl methyl sites for hydroxylation is 1. The fourth-order valence-corrected chi connectivity index (χ4v) is 4.79. The average molecular weight is 495 g/mol. The first-order chi connectivity index (χ1) is 16.9. The van der Waals surface area contributed by atoms with Gasteiger partial charge in [0.05, 0.1) is 17.0 Å². The van der Waals surface area contributed by atoms with Crippen molar-refractivity contribution in [3.63, 3.8) is 0 Å². The van der Waals surface area contributed by atoms with E-state index >= 15 is 0 Å². The van der Waals surface area contributed by atoms with Crippen LogP contribution in [0.5, 0.6) is 5.75 Å². The molecule has 3 aromatic rings. The topological polar surface area (TPSA) is 63.0 Å². The summed E-state index contributed by atoms with van der Waals surface area (Å²) in [4.78, 5) is 31.3. The SMILES string of the molecule is C=CCOc1ccc(C2c3c(oc4cc(C)c(Cl)cc4c3=O)C(=O)N2CCCN(CC)CC)cc1. The summed E-state index contributed by atoms with van der Waals surface area (Å²) in [5.74, 6) is 0.547. The molecular formula is C28H31ClN2O4. The van der Waals surface area contributed by atoms with E-state index in [2.05, 4.69) is 25.3 Å². The summed E-state index contributed by atoms with van der Waals surface area (Å²) in [5, 5.41) is 0.874. The number of carbonyl (C=O) groups is 1. The maximum atomic E-state index is 13.7. The Bertz CT molecular complexity index is 1300. The number of hydrogen-bond acceptors (Lipinski definition) is 5. The normalized spacial score (nSPS) is 15.2. The van der Waals surface area contributed by atoms with E-state index in [1.165, 1.54) is 0 Å². The van der Waals surface area contributed by atoms with Gasteiger partial charge in [-0.3, -0.25) is 9.59 Å². The Morgan fingerprint density at radius 1 is 1.17 bits per heavy atom. The van der Waals surface area contributed by atoms with Gasteiger partial charge in [-0.15, -0.1) is 0 Å². The minimum Gasteiger partial charge on any atom is -0.490 e. The third-order valence-corrected chi connectivity index (χ3v) is 6.99. The van der Waals surface area contributed by atoms with E-state index in [0.717, 1.165) is 37.2 Å². The van der Waals surface area contributed by atoms with E-state index in [9.17, 15) is 9.59 Å². The molecule has 7 heteroatoms. The van der Waals surface area contributed by atoms with Crippen molar-refractivity contribution >= 4 is 28.5 Å². The minimum absolute atomic E-state index is 0.115. The van der Waals surface area contributed by atoms with Gasteiger partial charge in [0, 0.05) is 11.6 Å². The van der Waals surface area contributed by atoms with Gasteiger partial charge in [-0.1, -0.05) is 50.2 Å². The van der Waals surface area contributed by atoms with E-state index in [1.807, 2.05) is 31.2 Å². The molecule has 2 aromatic carbocycles. The molecule has 1 aromatic heterocycles. The van der Waals surface area contributed by atoms with E-state index in [1.54, 1.807) is 23.1 Å². The molecule has 1 amide bonds. The molecular weight excluding hydrogens is 464 g/mol. The lowest BCUT2D eigenvalue weighted by atomic mass is 9.98. The summed E-state index contributed by atoms with van der Waals surface area (Å²) in [6.45, 7) is 13.4. The van der Waals surface area contributed by atoms with Crippen LogP contribution in [0.4, 0.5) is 0 Å². The Morgan fingerprint density at radius 2 is 1.89 bits per heavy atom. The Labute approximate surface area is 210 Å². The van der Waals surface area contributed by atoms with Crippen molar-refractivity contribution in [2.45, 2.75) is 33.2 Å². The summed E-state index contributed by atoms with van der Waals surface area (Å²) < 4.78 is 11.7. The number of benzene rings is 2. The molecule has 0 saturated heterocycles. The Kier molecular flexibility index (Phi) is 7.63. The minimum atomic E-state index is -0.539. The zero-order valence-electron chi connectivity index (χ0n) is 20.5. The smallest absolute Gasteiger partial charge is 0.290 e. The Morgan fingerprint density at radius 3 is 2.54 bits per heavy atom. The zero-order chi connectivity index (χ0) is 25.1. The number of fused-ring (bicyclic) bond motifs is 2. The van der Waals surface area contributed by atoms with E-state index < -0.39 is 6.04 Å². The van der Waals surface area contributed by atoms with E-state index in [-0.39, 0.29) is 17.1 Å². The molecule has 4 rings (SSSR count). The van der Waals surface area contributed by atoms with Gasteiger partial charge in [0.2, 0.25) is 5.76 Å². The van der Waals surface area contributed by atoms with Crippen LogP contribution < -0.4 is 10.2 Å². The van der Waals surface area contributed by atoms with Gasteiger partial charge < -0.3 is 19.0 Å². The predicted molar refractivity (Wildman–Crippen MR) is 140 cm³/mol. The predicted octanol–water partition coefficient (Wildman–Crippen LogP) is 5.60. The van der Waals surface area contributed by atoms with Crippen LogP contribution in [0.2, 0.25) is 5.02 Å². The fourth-order valence-electron chi connectivity index (χ4n) is 4.62. The molecule has 6 nitrogen and oxygen atoms in total. The zero-order valence-corrected chi connectivity index (χ0v) is 21.2. The number of rotatable bonds is 10. The van der Waals surface area contributed by atoms with Crippen molar-refractivity contribution < 1.29 is 13.9 Å². The van der Waals surface area contributed by atoms with Gasteiger partial charge in [-0.05, 0) is 68.4 Å².